The summed E-state index contributed by atoms with van der Waals surface area (Å²) in [6, 6.07) is 5.91. The second-order valence-corrected chi connectivity index (χ2v) is 8.13. The van der Waals surface area contributed by atoms with E-state index in [1.54, 1.807) is 0 Å². The lowest BCUT2D eigenvalue weighted by Gasteiger charge is -2.30. The van der Waals surface area contributed by atoms with Crippen LogP contribution in [0.1, 0.15) is 12.8 Å². The molecule has 1 aromatic carbocycles. The molecule has 1 heterocycles. The van der Waals surface area contributed by atoms with Crippen LogP contribution < -0.4 is 4.90 Å². The molecule has 1 aliphatic rings. The maximum Gasteiger partial charge on any atom is 0.392 e. The first kappa shape index (κ1) is 17.6. The smallest absolute Gasteiger partial charge is 0.334 e. The lowest BCUT2D eigenvalue weighted by molar-refractivity contribution is -0.904. The summed E-state index contributed by atoms with van der Waals surface area (Å²) in [4.78, 5) is 1.11. The number of likely N-dealkylation sites (tertiary alicyclic amines) is 1. The summed E-state index contributed by atoms with van der Waals surface area (Å²) in [7, 11) is -3.42. The zero-order chi connectivity index (χ0) is 16.4. The quantitative estimate of drug-likeness (QED) is 0.896. The highest BCUT2D eigenvalue weighted by Gasteiger charge is 2.42. The fourth-order valence-electron chi connectivity index (χ4n) is 2.64. The number of hydrogen-bond acceptors (Lipinski definition) is 2. The largest absolute Gasteiger partial charge is 0.392 e. The predicted octanol–water partition coefficient (Wildman–Crippen LogP) is 1.97. The van der Waals surface area contributed by atoms with Crippen molar-refractivity contribution in [1.29, 1.82) is 0 Å². The van der Waals surface area contributed by atoms with Crippen LogP contribution in [0, 0.1) is 5.92 Å². The highest BCUT2D eigenvalue weighted by molar-refractivity contribution is 7.91. The average Bonchev–Trinajstić information content (AvgIpc) is 2.45. The molecule has 1 aromatic rings. The Morgan fingerprint density at radius 1 is 1.14 bits per heavy atom. The number of sulfone groups is 1. The van der Waals surface area contributed by atoms with Crippen LogP contribution in [0.15, 0.2) is 29.2 Å². The first-order chi connectivity index (χ1) is 10.2. The first-order valence-electron chi connectivity index (χ1n) is 7.07. The summed E-state index contributed by atoms with van der Waals surface area (Å²) in [6.07, 6.45) is -4.00. The standard InChI is InChI=1S/C14H17ClF3NO2S/c15-12-1-3-13(4-2-12)22(20,21)10-9-19-7-5-11(6-8-19)14(16,17)18/h1-4,11H,5-10H2/p+1. The van der Waals surface area contributed by atoms with Crippen molar-refractivity contribution >= 4 is 21.4 Å². The van der Waals surface area contributed by atoms with Crippen LogP contribution >= 0.6 is 11.6 Å². The molecule has 1 N–H and O–H groups in total. The molecule has 0 saturated carbocycles. The number of halogens is 4. The molecule has 0 atom stereocenters. The van der Waals surface area contributed by atoms with E-state index >= 15 is 0 Å². The minimum absolute atomic E-state index is 0.0688. The maximum absolute atomic E-state index is 12.6. The van der Waals surface area contributed by atoms with Gasteiger partial charge in [-0.05, 0) is 24.3 Å². The van der Waals surface area contributed by atoms with Crippen molar-refractivity contribution in [2.75, 3.05) is 25.4 Å². The molecule has 0 amide bonds. The van der Waals surface area contributed by atoms with Gasteiger partial charge in [0.25, 0.3) is 0 Å². The molecule has 0 radical (unpaired) electrons. The van der Waals surface area contributed by atoms with E-state index in [1.807, 2.05) is 0 Å². The Hall–Kier alpha value is -0.790. The maximum atomic E-state index is 12.6. The molecule has 8 heteroatoms. The Labute approximate surface area is 133 Å². The molecule has 1 saturated heterocycles. The molecule has 124 valence electrons. The molecule has 0 unspecified atom stereocenters. The van der Waals surface area contributed by atoms with Crippen LogP contribution in [0.3, 0.4) is 0 Å². The van der Waals surface area contributed by atoms with Crippen LogP contribution in [0.4, 0.5) is 13.2 Å². The Morgan fingerprint density at radius 2 is 1.68 bits per heavy atom. The second kappa shape index (κ2) is 6.76. The van der Waals surface area contributed by atoms with E-state index in [4.69, 9.17) is 11.6 Å². The lowest BCUT2D eigenvalue weighted by Crippen LogP contribution is -3.13. The Morgan fingerprint density at radius 3 is 2.18 bits per heavy atom. The van der Waals surface area contributed by atoms with Crippen molar-refractivity contribution in [3.8, 4) is 0 Å². The molecular formula is C14H18ClF3NO2S+. The fraction of sp³-hybridized carbons (Fsp3) is 0.571. The summed E-state index contributed by atoms with van der Waals surface area (Å²) >= 11 is 5.72. The molecule has 2 rings (SSSR count). The molecule has 1 fully saturated rings. The van der Waals surface area contributed by atoms with Crippen LogP contribution in [0.2, 0.25) is 5.02 Å². The third-order valence-corrected chi connectivity index (χ3v) is 6.04. The summed E-state index contributed by atoms with van der Waals surface area (Å²) < 4.78 is 62.1. The summed E-state index contributed by atoms with van der Waals surface area (Å²) in [5.74, 6) is -1.31. The van der Waals surface area contributed by atoms with E-state index in [9.17, 15) is 21.6 Å². The van der Waals surface area contributed by atoms with E-state index in [0.717, 1.165) is 4.90 Å². The third kappa shape index (κ3) is 4.60. The second-order valence-electron chi connectivity index (χ2n) is 5.59. The van der Waals surface area contributed by atoms with Gasteiger partial charge in [0.1, 0.15) is 5.75 Å². The van der Waals surface area contributed by atoms with E-state index < -0.39 is 21.9 Å². The predicted molar refractivity (Wildman–Crippen MR) is 77.8 cm³/mol. The van der Waals surface area contributed by atoms with Crippen molar-refractivity contribution in [1.82, 2.24) is 0 Å². The van der Waals surface area contributed by atoms with E-state index in [-0.39, 0.29) is 23.5 Å². The molecule has 0 spiro atoms. The van der Waals surface area contributed by atoms with Gasteiger partial charge in [0.2, 0.25) is 0 Å². The van der Waals surface area contributed by atoms with E-state index in [2.05, 4.69) is 0 Å². The van der Waals surface area contributed by atoms with Gasteiger partial charge in [-0.2, -0.15) is 13.2 Å². The number of nitrogens with one attached hydrogen (secondary N) is 1. The molecular weight excluding hydrogens is 339 g/mol. The van der Waals surface area contributed by atoms with Crippen molar-refractivity contribution < 1.29 is 26.5 Å². The van der Waals surface area contributed by atoms with Gasteiger partial charge in [-0.15, -0.1) is 0 Å². The molecule has 3 nitrogen and oxygen atoms in total. The fourth-order valence-corrected chi connectivity index (χ4v) is 4.11. The number of rotatable bonds is 4. The summed E-state index contributed by atoms with van der Waals surface area (Å²) in [5, 5.41) is 0.457. The van der Waals surface area contributed by atoms with Crippen LogP contribution in [-0.2, 0) is 9.84 Å². The van der Waals surface area contributed by atoms with Gasteiger partial charge >= 0.3 is 6.18 Å². The Kier molecular flexibility index (Phi) is 5.40. The number of benzene rings is 1. The molecule has 0 aliphatic carbocycles. The van der Waals surface area contributed by atoms with Crippen molar-refractivity contribution in [3.63, 3.8) is 0 Å². The number of quaternary nitrogens is 1. The van der Waals surface area contributed by atoms with Gasteiger partial charge in [0.15, 0.2) is 9.84 Å². The minimum Gasteiger partial charge on any atom is -0.334 e. The van der Waals surface area contributed by atoms with Crippen molar-refractivity contribution in [2.24, 2.45) is 5.92 Å². The van der Waals surface area contributed by atoms with Gasteiger partial charge in [-0.1, -0.05) is 11.6 Å². The summed E-state index contributed by atoms with van der Waals surface area (Å²) in [5.41, 5.74) is 0. The zero-order valence-corrected chi connectivity index (χ0v) is 13.4. The highest BCUT2D eigenvalue weighted by Crippen LogP contribution is 2.31. The molecule has 0 aromatic heterocycles. The SMILES string of the molecule is O=S(=O)(CC[NH+]1CCC(C(F)(F)F)CC1)c1ccc(Cl)cc1. The first-order valence-corrected chi connectivity index (χ1v) is 9.10. The van der Waals surface area contributed by atoms with Gasteiger partial charge in [0.05, 0.1) is 30.4 Å². The number of hydrogen-bond donors (Lipinski definition) is 1. The summed E-state index contributed by atoms with van der Waals surface area (Å²) in [6.45, 7) is 1.05. The van der Waals surface area contributed by atoms with Crippen molar-refractivity contribution in [3.05, 3.63) is 29.3 Å². The van der Waals surface area contributed by atoms with Gasteiger partial charge in [-0.25, -0.2) is 8.42 Å². The third-order valence-electron chi connectivity index (χ3n) is 4.05. The van der Waals surface area contributed by atoms with Gasteiger partial charge < -0.3 is 4.90 Å². The number of alkyl halides is 3. The normalized spacial score (nSPS) is 23.5. The van der Waals surface area contributed by atoms with Gasteiger partial charge in [-0.3, -0.25) is 0 Å². The van der Waals surface area contributed by atoms with Crippen LogP contribution in [-0.4, -0.2) is 40.0 Å². The van der Waals surface area contributed by atoms with Crippen molar-refractivity contribution in [2.45, 2.75) is 23.9 Å². The molecule has 0 bridgehead atoms. The van der Waals surface area contributed by atoms with E-state index in [1.165, 1.54) is 24.3 Å². The van der Waals surface area contributed by atoms with E-state index in [0.29, 0.717) is 24.7 Å². The molecule has 22 heavy (non-hydrogen) atoms. The Balaban J connectivity index is 1.87. The van der Waals surface area contributed by atoms with Gasteiger partial charge in [0, 0.05) is 17.9 Å². The van der Waals surface area contributed by atoms with Crippen LogP contribution in [0.25, 0.3) is 0 Å². The topological polar surface area (TPSA) is 38.6 Å². The zero-order valence-electron chi connectivity index (χ0n) is 11.9. The number of piperidine rings is 1. The average molecular weight is 357 g/mol. The monoisotopic (exact) mass is 356 g/mol. The minimum atomic E-state index is -4.14. The van der Waals surface area contributed by atoms with Crippen LogP contribution in [0.5, 0.6) is 0 Å². The highest BCUT2D eigenvalue weighted by atomic mass is 35.5. The Bertz CT molecular complexity index is 594. The molecule has 1 aliphatic heterocycles. The lowest BCUT2D eigenvalue weighted by atomic mass is 9.96.